The monoisotopic (exact) mass is 442 g/mol. The van der Waals surface area contributed by atoms with Gasteiger partial charge in [0.05, 0.1) is 16.7 Å². The van der Waals surface area contributed by atoms with Gasteiger partial charge < -0.3 is 9.13 Å². The summed E-state index contributed by atoms with van der Waals surface area (Å²) in [7, 11) is 2.00. The maximum atomic E-state index is 13.0. The number of amides is 1. The highest BCUT2D eigenvalue weighted by Crippen LogP contribution is 2.26. The lowest BCUT2D eigenvalue weighted by Gasteiger charge is -2.09. The van der Waals surface area contributed by atoms with Crippen molar-refractivity contribution in [3.63, 3.8) is 0 Å². The first kappa shape index (κ1) is 20.1. The van der Waals surface area contributed by atoms with Crippen LogP contribution in [0.3, 0.4) is 0 Å². The molecule has 0 atom stereocenters. The topological polar surface area (TPSA) is 77.6 Å². The molecule has 0 bridgehead atoms. The standard InChI is InChI=1S/C24H22N6OS/c1-16-10-11-21(29(16)2)23-26-19(15-32-23)22(31)28-24-27-18-8-3-4-9-20(18)30(24)14-12-17-7-5-6-13-25-17/h3-11,13,15H,12,14H2,1-2H3,(H,27,28,31). The van der Waals surface area contributed by atoms with Crippen LogP contribution in [0, 0.1) is 6.92 Å². The molecule has 5 rings (SSSR count). The molecule has 0 saturated carbocycles. The van der Waals surface area contributed by atoms with E-state index < -0.39 is 0 Å². The van der Waals surface area contributed by atoms with Gasteiger partial charge in [-0.25, -0.2) is 9.97 Å². The number of carbonyl (C=O) groups is 1. The van der Waals surface area contributed by atoms with Crippen molar-refractivity contribution in [2.75, 3.05) is 5.32 Å². The Bertz CT molecular complexity index is 1400. The van der Waals surface area contributed by atoms with Crippen LogP contribution in [0.5, 0.6) is 0 Å². The smallest absolute Gasteiger partial charge is 0.277 e. The van der Waals surface area contributed by atoms with Crippen LogP contribution in [0.25, 0.3) is 21.7 Å². The minimum absolute atomic E-state index is 0.271. The van der Waals surface area contributed by atoms with Crippen molar-refractivity contribution < 1.29 is 4.79 Å². The Morgan fingerprint density at radius 1 is 1.06 bits per heavy atom. The first-order valence-electron chi connectivity index (χ1n) is 10.3. The molecule has 0 unspecified atom stereocenters. The summed E-state index contributed by atoms with van der Waals surface area (Å²) in [5, 5.41) is 5.57. The number of para-hydroxylation sites is 2. The third-order valence-corrected chi connectivity index (χ3v) is 6.39. The largest absolute Gasteiger partial charge is 0.346 e. The van der Waals surface area contributed by atoms with Crippen molar-refractivity contribution in [3.8, 4) is 10.7 Å². The van der Waals surface area contributed by atoms with Crippen molar-refractivity contribution >= 4 is 34.2 Å². The second kappa shape index (κ2) is 8.39. The highest BCUT2D eigenvalue weighted by atomic mass is 32.1. The number of benzene rings is 1. The minimum atomic E-state index is -0.271. The summed E-state index contributed by atoms with van der Waals surface area (Å²) in [6.45, 7) is 2.69. The number of fused-ring (bicyclic) bond motifs is 1. The van der Waals surface area contributed by atoms with Crippen LogP contribution >= 0.6 is 11.3 Å². The molecule has 0 saturated heterocycles. The van der Waals surface area contributed by atoms with Crippen LogP contribution < -0.4 is 5.32 Å². The van der Waals surface area contributed by atoms with Gasteiger partial charge in [0.15, 0.2) is 0 Å². The van der Waals surface area contributed by atoms with E-state index in [9.17, 15) is 4.79 Å². The Hall–Kier alpha value is -3.78. The van der Waals surface area contributed by atoms with Gasteiger partial charge in [-0.15, -0.1) is 11.3 Å². The Kier molecular flexibility index (Phi) is 5.28. The number of imidazole rings is 1. The van der Waals surface area contributed by atoms with Crippen LogP contribution in [0.1, 0.15) is 21.9 Å². The van der Waals surface area contributed by atoms with Gasteiger partial charge in [-0.1, -0.05) is 18.2 Å². The molecule has 0 aliphatic carbocycles. The molecule has 4 aromatic heterocycles. The number of rotatable bonds is 6. The van der Waals surface area contributed by atoms with E-state index in [1.165, 1.54) is 11.3 Å². The summed E-state index contributed by atoms with van der Waals surface area (Å²) in [4.78, 5) is 26.6. The average Bonchev–Trinajstić information content (AvgIpc) is 3.51. The molecule has 5 aromatic rings. The van der Waals surface area contributed by atoms with Gasteiger partial charge in [0.1, 0.15) is 10.7 Å². The number of hydrogen-bond donors (Lipinski definition) is 1. The van der Waals surface area contributed by atoms with Crippen molar-refractivity contribution in [1.29, 1.82) is 0 Å². The molecule has 0 aliphatic heterocycles. The van der Waals surface area contributed by atoms with E-state index in [1.54, 1.807) is 11.6 Å². The van der Waals surface area contributed by atoms with E-state index in [4.69, 9.17) is 0 Å². The van der Waals surface area contributed by atoms with E-state index in [1.807, 2.05) is 73.1 Å². The number of pyridine rings is 1. The van der Waals surface area contributed by atoms with Gasteiger partial charge in [-0.05, 0) is 43.3 Å². The number of aromatic nitrogens is 5. The van der Waals surface area contributed by atoms with Gasteiger partial charge in [-0.2, -0.15) is 0 Å². The molecular weight excluding hydrogens is 420 g/mol. The Morgan fingerprint density at radius 3 is 2.69 bits per heavy atom. The highest BCUT2D eigenvalue weighted by Gasteiger charge is 2.18. The summed E-state index contributed by atoms with van der Waals surface area (Å²) in [6, 6.07) is 17.8. The molecule has 0 radical (unpaired) electrons. The molecule has 0 fully saturated rings. The molecular formula is C24H22N6OS. The fraction of sp³-hybridized carbons (Fsp3) is 0.167. The average molecular weight is 443 g/mol. The van der Waals surface area contributed by atoms with Crippen LogP contribution in [0.15, 0.2) is 66.2 Å². The zero-order valence-corrected chi connectivity index (χ0v) is 18.6. The van der Waals surface area contributed by atoms with E-state index >= 15 is 0 Å². The number of aryl methyl sites for hydroxylation is 3. The normalized spacial score (nSPS) is 11.2. The molecule has 1 aromatic carbocycles. The van der Waals surface area contributed by atoms with Gasteiger partial charge in [0.2, 0.25) is 5.95 Å². The van der Waals surface area contributed by atoms with Crippen molar-refractivity contribution in [1.82, 2.24) is 24.1 Å². The van der Waals surface area contributed by atoms with Crippen molar-refractivity contribution in [3.05, 3.63) is 83.3 Å². The maximum Gasteiger partial charge on any atom is 0.277 e. The van der Waals surface area contributed by atoms with E-state index in [-0.39, 0.29) is 5.91 Å². The number of hydrogen-bond acceptors (Lipinski definition) is 5. The fourth-order valence-corrected chi connectivity index (χ4v) is 4.52. The Balaban J connectivity index is 1.41. The lowest BCUT2D eigenvalue weighted by Crippen LogP contribution is -2.17. The summed E-state index contributed by atoms with van der Waals surface area (Å²) >= 11 is 1.46. The molecule has 1 amide bonds. The number of carbonyl (C=O) groups excluding carboxylic acids is 1. The first-order valence-corrected chi connectivity index (χ1v) is 11.2. The number of nitrogens with zero attached hydrogens (tertiary/aromatic N) is 5. The highest BCUT2D eigenvalue weighted by molar-refractivity contribution is 7.13. The minimum Gasteiger partial charge on any atom is -0.346 e. The second-order valence-electron chi connectivity index (χ2n) is 7.56. The fourth-order valence-electron chi connectivity index (χ4n) is 3.66. The molecule has 4 heterocycles. The van der Waals surface area contributed by atoms with Crippen LogP contribution in [0.4, 0.5) is 5.95 Å². The second-order valence-corrected chi connectivity index (χ2v) is 8.42. The molecule has 1 N–H and O–H groups in total. The third-order valence-electron chi connectivity index (χ3n) is 5.53. The van der Waals surface area contributed by atoms with Gasteiger partial charge in [0, 0.05) is 43.0 Å². The zero-order valence-electron chi connectivity index (χ0n) is 17.8. The quantitative estimate of drug-likeness (QED) is 0.414. The van der Waals surface area contributed by atoms with E-state index in [0.717, 1.165) is 39.5 Å². The molecule has 7 nitrogen and oxygen atoms in total. The SMILES string of the molecule is Cc1ccc(-c2nc(C(=O)Nc3nc4ccccc4n3CCc3ccccn3)cs2)n1C. The van der Waals surface area contributed by atoms with Crippen molar-refractivity contribution in [2.24, 2.45) is 7.05 Å². The Labute approximate surface area is 189 Å². The summed E-state index contributed by atoms with van der Waals surface area (Å²) in [6.07, 6.45) is 2.52. The molecule has 0 spiro atoms. The summed E-state index contributed by atoms with van der Waals surface area (Å²) < 4.78 is 4.09. The maximum absolute atomic E-state index is 13.0. The molecule has 160 valence electrons. The van der Waals surface area contributed by atoms with Gasteiger partial charge >= 0.3 is 0 Å². The first-order chi connectivity index (χ1) is 15.6. The predicted molar refractivity (Wildman–Crippen MR) is 127 cm³/mol. The van der Waals surface area contributed by atoms with Gasteiger partial charge in [-0.3, -0.25) is 15.1 Å². The zero-order chi connectivity index (χ0) is 22.1. The summed E-state index contributed by atoms with van der Waals surface area (Å²) in [5.74, 6) is 0.240. The van der Waals surface area contributed by atoms with E-state index in [2.05, 4.69) is 24.8 Å². The lowest BCUT2D eigenvalue weighted by atomic mass is 10.2. The van der Waals surface area contributed by atoms with E-state index in [0.29, 0.717) is 18.2 Å². The molecule has 0 aliphatic rings. The third kappa shape index (κ3) is 3.80. The Morgan fingerprint density at radius 2 is 1.91 bits per heavy atom. The number of thiazole rings is 1. The molecule has 8 heteroatoms. The van der Waals surface area contributed by atoms with Crippen LogP contribution in [-0.2, 0) is 20.0 Å². The summed E-state index contributed by atoms with van der Waals surface area (Å²) in [5.41, 5.74) is 5.31. The van der Waals surface area contributed by atoms with Crippen molar-refractivity contribution in [2.45, 2.75) is 19.9 Å². The lowest BCUT2D eigenvalue weighted by molar-refractivity contribution is 0.102. The molecule has 32 heavy (non-hydrogen) atoms. The predicted octanol–water partition coefficient (Wildman–Crippen LogP) is 4.70. The van der Waals surface area contributed by atoms with Crippen LogP contribution in [0.2, 0.25) is 0 Å². The van der Waals surface area contributed by atoms with Gasteiger partial charge in [0.25, 0.3) is 5.91 Å². The number of anilines is 1. The van der Waals surface area contributed by atoms with Crippen LogP contribution in [-0.4, -0.2) is 30.0 Å². The number of nitrogens with one attached hydrogen (secondary N) is 1.